The highest BCUT2D eigenvalue weighted by atomic mass is 127. The Balaban J connectivity index is 0. The van der Waals surface area contributed by atoms with Crippen molar-refractivity contribution < 1.29 is 0 Å². The predicted octanol–water partition coefficient (Wildman–Crippen LogP) is 3.42. The van der Waals surface area contributed by atoms with Crippen molar-refractivity contribution in [2.75, 3.05) is 46.3 Å². The third-order valence-electron chi connectivity index (χ3n) is 3.58. The number of nitrogens with zero attached hydrogens (tertiary/aromatic N) is 3. The van der Waals surface area contributed by atoms with Gasteiger partial charge in [-0.25, -0.2) is 0 Å². The molecule has 0 aromatic rings. The molecule has 1 N–H and O–H groups in total. The lowest BCUT2D eigenvalue weighted by Crippen LogP contribution is -2.39. The third kappa shape index (κ3) is 12.2. The molecule has 0 heterocycles. The summed E-state index contributed by atoms with van der Waals surface area (Å²) in [4.78, 5) is 9.45. The Morgan fingerprint density at radius 3 is 2.14 bits per heavy atom. The van der Waals surface area contributed by atoms with E-state index in [1.165, 1.54) is 32.2 Å². The molecule has 0 aliphatic heterocycles. The molecule has 0 bridgehead atoms. The molecule has 21 heavy (non-hydrogen) atoms. The first-order chi connectivity index (χ1) is 9.69. The van der Waals surface area contributed by atoms with Crippen molar-refractivity contribution in [3.05, 3.63) is 0 Å². The molecule has 0 rings (SSSR count). The van der Waals surface area contributed by atoms with Crippen LogP contribution in [0.4, 0.5) is 0 Å². The van der Waals surface area contributed by atoms with Gasteiger partial charge in [0.2, 0.25) is 0 Å². The van der Waals surface area contributed by atoms with Crippen LogP contribution in [0.25, 0.3) is 0 Å². The van der Waals surface area contributed by atoms with Crippen LogP contribution in [-0.2, 0) is 0 Å². The van der Waals surface area contributed by atoms with E-state index in [4.69, 9.17) is 4.99 Å². The molecular weight excluding hydrogens is 375 g/mol. The Morgan fingerprint density at radius 2 is 1.62 bits per heavy atom. The van der Waals surface area contributed by atoms with Gasteiger partial charge in [0.25, 0.3) is 0 Å². The topological polar surface area (TPSA) is 30.9 Å². The first-order valence-corrected chi connectivity index (χ1v) is 8.41. The van der Waals surface area contributed by atoms with Gasteiger partial charge in [0.05, 0.1) is 0 Å². The van der Waals surface area contributed by atoms with Crippen molar-refractivity contribution in [3.63, 3.8) is 0 Å². The van der Waals surface area contributed by atoms with Gasteiger partial charge in [-0.15, -0.1) is 24.0 Å². The minimum atomic E-state index is 0. The average Bonchev–Trinajstić information content (AvgIpc) is 2.47. The number of guanidine groups is 1. The molecule has 0 aliphatic carbocycles. The summed E-state index contributed by atoms with van der Waals surface area (Å²) < 4.78 is 0. The fourth-order valence-corrected chi connectivity index (χ4v) is 2.14. The van der Waals surface area contributed by atoms with Crippen LogP contribution in [0.15, 0.2) is 4.99 Å². The lowest BCUT2D eigenvalue weighted by molar-refractivity contribution is 0.297. The Morgan fingerprint density at radius 1 is 0.952 bits per heavy atom. The summed E-state index contributed by atoms with van der Waals surface area (Å²) in [7, 11) is 2.13. The summed E-state index contributed by atoms with van der Waals surface area (Å²) in [5, 5.41) is 3.38. The van der Waals surface area contributed by atoms with Gasteiger partial charge in [-0.3, -0.25) is 4.99 Å². The smallest absolute Gasteiger partial charge is 0.193 e. The van der Waals surface area contributed by atoms with Crippen molar-refractivity contribution in [2.45, 2.75) is 53.4 Å². The molecule has 0 saturated heterocycles. The van der Waals surface area contributed by atoms with Crippen LogP contribution in [-0.4, -0.2) is 62.1 Å². The fourth-order valence-electron chi connectivity index (χ4n) is 2.14. The van der Waals surface area contributed by atoms with Crippen molar-refractivity contribution in [1.29, 1.82) is 0 Å². The lowest BCUT2D eigenvalue weighted by Gasteiger charge is -2.22. The number of nitrogens with one attached hydrogen (secondary N) is 1. The van der Waals surface area contributed by atoms with Gasteiger partial charge in [-0.05, 0) is 45.8 Å². The molecule has 0 atom stereocenters. The maximum atomic E-state index is 4.73. The van der Waals surface area contributed by atoms with Gasteiger partial charge in [-0.1, -0.05) is 27.2 Å². The number of hydrogen-bond donors (Lipinski definition) is 1. The Labute approximate surface area is 149 Å². The first kappa shape index (κ1) is 23.2. The van der Waals surface area contributed by atoms with Crippen molar-refractivity contribution in [3.8, 4) is 0 Å². The van der Waals surface area contributed by atoms with E-state index in [9.17, 15) is 0 Å². The molecule has 0 aromatic heterocycles. The van der Waals surface area contributed by atoms with Crippen LogP contribution in [0.1, 0.15) is 53.4 Å². The van der Waals surface area contributed by atoms with E-state index in [1.54, 1.807) is 0 Å². The van der Waals surface area contributed by atoms with Crippen molar-refractivity contribution in [2.24, 2.45) is 4.99 Å². The zero-order valence-corrected chi connectivity index (χ0v) is 17.2. The number of unbranched alkanes of at least 4 members (excludes halogenated alkanes) is 2. The minimum Gasteiger partial charge on any atom is -0.357 e. The summed E-state index contributed by atoms with van der Waals surface area (Å²) in [6.07, 6.45) is 4.87. The molecule has 0 spiro atoms. The lowest BCUT2D eigenvalue weighted by atomic mass is 10.3. The van der Waals surface area contributed by atoms with Crippen molar-refractivity contribution >= 4 is 29.9 Å². The Bertz CT molecular complexity index is 242. The van der Waals surface area contributed by atoms with Crippen LogP contribution < -0.4 is 5.32 Å². The Hall–Kier alpha value is -0.0400. The molecule has 4 nitrogen and oxygen atoms in total. The zero-order chi connectivity index (χ0) is 15.2. The summed E-state index contributed by atoms with van der Waals surface area (Å²) in [5.41, 5.74) is 0. The highest BCUT2D eigenvalue weighted by molar-refractivity contribution is 14.0. The standard InChI is InChI=1S/C16H36N4.HI/c1-6-10-14-19(5)16(17-7-2)18-13-11-12-15-20(8-3)9-4;/h6-15H2,1-5H3,(H,17,18);1H. The quantitative estimate of drug-likeness (QED) is 0.244. The predicted molar refractivity (Wildman–Crippen MR) is 106 cm³/mol. The monoisotopic (exact) mass is 412 g/mol. The van der Waals surface area contributed by atoms with Gasteiger partial charge in [-0.2, -0.15) is 0 Å². The maximum absolute atomic E-state index is 4.73. The highest BCUT2D eigenvalue weighted by Crippen LogP contribution is 1.97. The van der Waals surface area contributed by atoms with Gasteiger partial charge in [0, 0.05) is 26.7 Å². The molecule has 0 unspecified atom stereocenters. The second-order valence-corrected chi connectivity index (χ2v) is 5.24. The van der Waals surface area contributed by atoms with E-state index >= 15 is 0 Å². The summed E-state index contributed by atoms with van der Waals surface area (Å²) in [6.45, 7) is 15.3. The number of rotatable bonds is 11. The van der Waals surface area contributed by atoms with E-state index in [0.717, 1.165) is 38.7 Å². The van der Waals surface area contributed by atoms with Crippen LogP contribution >= 0.6 is 24.0 Å². The van der Waals surface area contributed by atoms with Gasteiger partial charge >= 0.3 is 0 Å². The van der Waals surface area contributed by atoms with Crippen molar-refractivity contribution in [1.82, 2.24) is 15.1 Å². The molecule has 128 valence electrons. The average molecular weight is 412 g/mol. The third-order valence-corrected chi connectivity index (χ3v) is 3.58. The molecule has 5 heteroatoms. The van der Waals surface area contributed by atoms with E-state index in [1.807, 2.05) is 0 Å². The van der Waals surface area contributed by atoms with Crippen LogP contribution in [0.5, 0.6) is 0 Å². The van der Waals surface area contributed by atoms with Crippen LogP contribution in [0.3, 0.4) is 0 Å². The van der Waals surface area contributed by atoms with E-state index < -0.39 is 0 Å². The second-order valence-electron chi connectivity index (χ2n) is 5.24. The number of halogens is 1. The number of hydrogen-bond acceptors (Lipinski definition) is 2. The first-order valence-electron chi connectivity index (χ1n) is 8.41. The molecule has 0 amide bonds. The molecule has 0 fully saturated rings. The van der Waals surface area contributed by atoms with E-state index in [0.29, 0.717) is 0 Å². The second kappa shape index (κ2) is 16.3. The van der Waals surface area contributed by atoms with Crippen LogP contribution in [0.2, 0.25) is 0 Å². The molecular formula is C16H37IN4. The van der Waals surface area contributed by atoms with Gasteiger partial charge in [0.15, 0.2) is 5.96 Å². The summed E-state index contributed by atoms with van der Waals surface area (Å²) >= 11 is 0. The maximum Gasteiger partial charge on any atom is 0.193 e. The SMILES string of the molecule is CCCCN(C)C(=NCCCCN(CC)CC)NCC.I. The molecule has 0 aliphatic rings. The van der Waals surface area contributed by atoms with E-state index in [2.05, 4.69) is 49.9 Å². The van der Waals surface area contributed by atoms with Gasteiger partial charge < -0.3 is 15.1 Å². The highest BCUT2D eigenvalue weighted by Gasteiger charge is 2.04. The fraction of sp³-hybridized carbons (Fsp3) is 0.938. The molecule has 0 saturated carbocycles. The number of aliphatic imine (C=N–C) groups is 1. The van der Waals surface area contributed by atoms with Crippen LogP contribution in [0, 0.1) is 0 Å². The Kier molecular flexibility index (Phi) is 18.1. The molecule has 0 radical (unpaired) electrons. The minimum absolute atomic E-state index is 0. The summed E-state index contributed by atoms with van der Waals surface area (Å²) in [5.74, 6) is 1.06. The largest absolute Gasteiger partial charge is 0.357 e. The van der Waals surface area contributed by atoms with Gasteiger partial charge in [0.1, 0.15) is 0 Å². The van der Waals surface area contributed by atoms with E-state index in [-0.39, 0.29) is 24.0 Å². The molecule has 0 aromatic carbocycles. The summed E-state index contributed by atoms with van der Waals surface area (Å²) in [6, 6.07) is 0. The zero-order valence-electron chi connectivity index (χ0n) is 14.8. The normalized spacial score (nSPS) is 11.4.